The van der Waals surface area contributed by atoms with Crippen LogP contribution in [0.2, 0.25) is 0 Å². The Labute approximate surface area is 91.8 Å². The van der Waals surface area contributed by atoms with Gasteiger partial charge in [-0.25, -0.2) is 0 Å². The van der Waals surface area contributed by atoms with Gasteiger partial charge in [0.1, 0.15) is 0 Å². The zero-order valence-corrected chi connectivity index (χ0v) is 9.37. The highest BCUT2D eigenvalue weighted by molar-refractivity contribution is 5.79. The Morgan fingerprint density at radius 3 is 3.00 bits per heavy atom. The molecule has 84 valence electrons. The minimum atomic E-state index is 0.0265. The molecule has 1 unspecified atom stereocenters. The van der Waals surface area contributed by atoms with Crippen molar-refractivity contribution in [3.8, 4) is 12.3 Å². The van der Waals surface area contributed by atoms with Gasteiger partial charge in [0, 0.05) is 13.2 Å². The maximum atomic E-state index is 12.0. The van der Waals surface area contributed by atoms with Crippen molar-refractivity contribution in [3.05, 3.63) is 0 Å². The molecule has 0 radical (unpaired) electrons. The molecule has 0 aromatic heterocycles. The first-order valence-electron chi connectivity index (χ1n) is 5.59. The molecule has 1 saturated heterocycles. The average molecular weight is 209 g/mol. The summed E-state index contributed by atoms with van der Waals surface area (Å²) in [6.07, 6.45) is 8.11. The zero-order chi connectivity index (χ0) is 11.1. The normalized spacial score (nSPS) is 20.7. The average Bonchev–Trinajstić information content (AvgIpc) is 2.29. The Kier molecular flexibility index (Phi) is 5.20. The van der Waals surface area contributed by atoms with Gasteiger partial charge >= 0.3 is 0 Å². The number of nitrogens with zero attached hydrogens (tertiary/aromatic N) is 1. The van der Waals surface area contributed by atoms with Crippen LogP contribution in [0.15, 0.2) is 0 Å². The minimum absolute atomic E-state index is 0.0265. The molecule has 0 saturated carbocycles. The molecule has 1 fully saturated rings. The first-order chi connectivity index (χ1) is 7.29. The van der Waals surface area contributed by atoms with Crippen molar-refractivity contribution in [2.45, 2.75) is 26.2 Å². The minimum Gasteiger partial charge on any atom is -0.381 e. The Morgan fingerprint density at radius 2 is 2.47 bits per heavy atom. The lowest BCUT2D eigenvalue weighted by Gasteiger charge is -2.27. The van der Waals surface area contributed by atoms with Gasteiger partial charge in [-0.05, 0) is 19.3 Å². The van der Waals surface area contributed by atoms with Crippen molar-refractivity contribution in [1.29, 1.82) is 0 Å². The van der Waals surface area contributed by atoms with Crippen molar-refractivity contribution >= 4 is 5.91 Å². The number of hydrogen-bond acceptors (Lipinski definition) is 2. The summed E-state index contributed by atoms with van der Waals surface area (Å²) in [7, 11) is 0. The lowest BCUT2D eigenvalue weighted by atomic mass is 10.0. The third-order valence-corrected chi connectivity index (χ3v) is 2.60. The summed E-state index contributed by atoms with van der Waals surface area (Å²) >= 11 is 0. The lowest BCUT2D eigenvalue weighted by molar-refractivity contribution is -0.139. The van der Waals surface area contributed by atoms with E-state index >= 15 is 0 Å². The van der Waals surface area contributed by atoms with Gasteiger partial charge < -0.3 is 9.64 Å². The largest absolute Gasteiger partial charge is 0.381 e. The molecule has 1 heterocycles. The molecule has 1 rings (SSSR count). The molecule has 0 aliphatic carbocycles. The van der Waals surface area contributed by atoms with E-state index in [2.05, 4.69) is 5.92 Å². The topological polar surface area (TPSA) is 29.5 Å². The Balaban J connectivity index is 2.50. The maximum Gasteiger partial charge on any atom is 0.228 e. The molecule has 1 aliphatic rings. The third-order valence-electron chi connectivity index (χ3n) is 2.60. The van der Waals surface area contributed by atoms with Crippen molar-refractivity contribution in [3.63, 3.8) is 0 Å². The van der Waals surface area contributed by atoms with Crippen LogP contribution in [0.1, 0.15) is 26.2 Å². The van der Waals surface area contributed by atoms with E-state index in [0.29, 0.717) is 13.2 Å². The van der Waals surface area contributed by atoms with Gasteiger partial charge in [0.05, 0.1) is 19.1 Å². The molecule has 0 spiro atoms. The number of ether oxygens (including phenoxy) is 1. The summed E-state index contributed by atoms with van der Waals surface area (Å²) in [4.78, 5) is 13.8. The highest BCUT2D eigenvalue weighted by Crippen LogP contribution is 2.16. The monoisotopic (exact) mass is 209 g/mol. The Morgan fingerprint density at radius 1 is 1.67 bits per heavy atom. The van der Waals surface area contributed by atoms with Gasteiger partial charge in [-0.1, -0.05) is 12.8 Å². The van der Waals surface area contributed by atoms with Gasteiger partial charge in [-0.2, -0.15) is 0 Å². The highest BCUT2D eigenvalue weighted by Gasteiger charge is 2.25. The molecule has 0 bridgehead atoms. The summed E-state index contributed by atoms with van der Waals surface area (Å²) in [5, 5.41) is 0. The molecule has 15 heavy (non-hydrogen) atoms. The lowest BCUT2D eigenvalue weighted by Crippen LogP contribution is -2.40. The Hall–Kier alpha value is -1.01. The highest BCUT2D eigenvalue weighted by atomic mass is 16.5. The van der Waals surface area contributed by atoms with E-state index < -0.39 is 0 Å². The fraction of sp³-hybridized carbons (Fsp3) is 0.750. The number of terminal acetylenes is 1. The molecule has 0 N–H and O–H groups in total. The number of carbonyl (C=O) groups is 1. The standard InChI is InChI=1S/C12H19NO2/c1-3-7-13(8-4-2)12(14)11-6-5-9-15-10-11/h1,11H,4-10H2,2H3. The SMILES string of the molecule is C#CCN(CCC)C(=O)C1CCCOC1. The second-order valence-electron chi connectivity index (χ2n) is 3.88. The maximum absolute atomic E-state index is 12.0. The van der Waals surface area contributed by atoms with E-state index in [1.54, 1.807) is 4.90 Å². The van der Waals surface area contributed by atoms with Crippen LogP contribution in [-0.2, 0) is 9.53 Å². The first-order valence-corrected chi connectivity index (χ1v) is 5.59. The summed E-state index contributed by atoms with van der Waals surface area (Å²) in [6.45, 7) is 4.56. The van der Waals surface area contributed by atoms with Gasteiger partial charge in [0.25, 0.3) is 0 Å². The van der Waals surface area contributed by atoms with Crippen molar-refractivity contribution in [2.24, 2.45) is 5.92 Å². The molecule has 3 nitrogen and oxygen atoms in total. The zero-order valence-electron chi connectivity index (χ0n) is 9.37. The van der Waals surface area contributed by atoms with Crippen LogP contribution in [0.25, 0.3) is 0 Å². The molecule has 1 aliphatic heterocycles. The van der Waals surface area contributed by atoms with Crippen LogP contribution in [0, 0.1) is 18.3 Å². The quantitative estimate of drug-likeness (QED) is 0.653. The molecule has 1 atom stereocenters. The summed E-state index contributed by atoms with van der Waals surface area (Å²) < 4.78 is 5.31. The first kappa shape index (κ1) is 12.1. The predicted octanol–water partition coefficient (Wildman–Crippen LogP) is 1.28. The second-order valence-corrected chi connectivity index (χ2v) is 3.88. The fourth-order valence-corrected chi connectivity index (χ4v) is 1.84. The van der Waals surface area contributed by atoms with Gasteiger partial charge in [0.15, 0.2) is 0 Å². The van der Waals surface area contributed by atoms with Crippen molar-refractivity contribution < 1.29 is 9.53 Å². The van der Waals surface area contributed by atoms with E-state index in [0.717, 1.165) is 32.4 Å². The molecular weight excluding hydrogens is 190 g/mol. The predicted molar refractivity (Wildman–Crippen MR) is 59.2 cm³/mol. The molecular formula is C12H19NO2. The van der Waals surface area contributed by atoms with Crippen LogP contribution in [-0.4, -0.2) is 37.1 Å². The van der Waals surface area contributed by atoms with Crippen LogP contribution in [0.3, 0.4) is 0 Å². The third kappa shape index (κ3) is 3.56. The van der Waals surface area contributed by atoms with E-state index in [-0.39, 0.29) is 11.8 Å². The van der Waals surface area contributed by atoms with E-state index in [1.807, 2.05) is 6.92 Å². The number of amides is 1. The van der Waals surface area contributed by atoms with Gasteiger partial charge in [-0.3, -0.25) is 4.79 Å². The van der Waals surface area contributed by atoms with Crippen LogP contribution < -0.4 is 0 Å². The number of hydrogen-bond donors (Lipinski definition) is 0. The summed E-state index contributed by atoms with van der Waals surface area (Å²) in [5.41, 5.74) is 0. The van der Waals surface area contributed by atoms with E-state index in [9.17, 15) is 4.79 Å². The molecule has 0 aromatic rings. The van der Waals surface area contributed by atoms with Crippen LogP contribution in [0.4, 0.5) is 0 Å². The number of rotatable bonds is 4. The van der Waals surface area contributed by atoms with Crippen LogP contribution in [0.5, 0.6) is 0 Å². The Bertz CT molecular complexity index is 238. The molecule has 1 amide bonds. The fourth-order valence-electron chi connectivity index (χ4n) is 1.84. The smallest absolute Gasteiger partial charge is 0.228 e. The van der Waals surface area contributed by atoms with E-state index in [4.69, 9.17) is 11.2 Å². The van der Waals surface area contributed by atoms with Gasteiger partial charge in [-0.15, -0.1) is 6.42 Å². The summed E-state index contributed by atoms with van der Waals surface area (Å²) in [5.74, 6) is 2.72. The second kappa shape index (κ2) is 6.47. The number of carbonyl (C=O) groups excluding carboxylic acids is 1. The summed E-state index contributed by atoms with van der Waals surface area (Å²) in [6, 6.07) is 0. The van der Waals surface area contributed by atoms with Crippen molar-refractivity contribution in [1.82, 2.24) is 4.90 Å². The van der Waals surface area contributed by atoms with Crippen LogP contribution >= 0.6 is 0 Å². The molecule has 0 aromatic carbocycles. The molecule has 3 heteroatoms. The van der Waals surface area contributed by atoms with Crippen molar-refractivity contribution in [2.75, 3.05) is 26.3 Å². The van der Waals surface area contributed by atoms with Gasteiger partial charge in [0.2, 0.25) is 5.91 Å². The van der Waals surface area contributed by atoms with E-state index in [1.165, 1.54) is 0 Å².